The van der Waals surface area contributed by atoms with E-state index >= 15 is 0 Å². The maximum absolute atomic E-state index is 12.8. The molecule has 0 unspecified atom stereocenters. The Bertz CT molecular complexity index is 935. The maximum atomic E-state index is 12.8. The fraction of sp³-hybridized carbons (Fsp3) is 0.429. The Kier molecular flexibility index (Phi) is 5.90. The minimum absolute atomic E-state index is 0.0805. The molecule has 148 valence electrons. The third-order valence-electron chi connectivity index (χ3n) is 5.28. The Morgan fingerprint density at radius 3 is 2.61 bits per heavy atom. The van der Waals surface area contributed by atoms with Crippen LogP contribution in [-0.2, 0) is 6.42 Å². The summed E-state index contributed by atoms with van der Waals surface area (Å²) < 4.78 is 38.3. The Morgan fingerprint density at radius 2 is 1.96 bits per heavy atom. The number of H-pyrrole nitrogens is 1. The van der Waals surface area contributed by atoms with Gasteiger partial charge in [0.05, 0.1) is 5.92 Å². The highest BCUT2D eigenvalue weighted by Gasteiger charge is 2.40. The fourth-order valence-electron chi connectivity index (χ4n) is 3.69. The zero-order valence-electron chi connectivity index (χ0n) is 15.6. The molecule has 0 amide bonds. The number of benzene rings is 1. The van der Waals surface area contributed by atoms with Crippen molar-refractivity contribution in [3.8, 4) is 17.2 Å². The predicted molar refractivity (Wildman–Crippen MR) is 101 cm³/mol. The van der Waals surface area contributed by atoms with Crippen molar-refractivity contribution in [3.63, 3.8) is 0 Å². The number of pyridine rings is 1. The molecule has 2 aromatic rings. The molecule has 2 heterocycles. The van der Waals surface area contributed by atoms with Gasteiger partial charge in [0.15, 0.2) is 0 Å². The highest BCUT2D eigenvalue weighted by atomic mass is 19.4. The average molecular weight is 389 g/mol. The molecule has 1 aromatic carbocycles. The third kappa shape index (κ3) is 4.63. The number of aromatic nitrogens is 1. The molecule has 3 rings (SSSR count). The summed E-state index contributed by atoms with van der Waals surface area (Å²) in [7, 11) is 0. The van der Waals surface area contributed by atoms with Gasteiger partial charge in [-0.3, -0.25) is 4.79 Å². The lowest BCUT2D eigenvalue weighted by molar-refractivity contribution is -0.185. The van der Waals surface area contributed by atoms with Gasteiger partial charge < -0.3 is 9.88 Å². The SMILES string of the molecule is Cc1cc(-c2cccc(CCN3CCC(C(F)(F)F)CC3)c2)c(C#N)c(=O)[nH]1. The topological polar surface area (TPSA) is 59.9 Å². The zero-order chi connectivity index (χ0) is 20.3. The number of piperidine rings is 1. The highest BCUT2D eigenvalue weighted by Crippen LogP contribution is 2.34. The van der Waals surface area contributed by atoms with Crippen LogP contribution in [0, 0.1) is 24.2 Å². The summed E-state index contributed by atoms with van der Waals surface area (Å²) in [6.45, 7) is 3.36. The number of rotatable bonds is 4. The second-order valence-corrected chi connectivity index (χ2v) is 7.29. The van der Waals surface area contributed by atoms with Crippen molar-refractivity contribution in [2.75, 3.05) is 19.6 Å². The number of nitrogens with one attached hydrogen (secondary N) is 1. The lowest BCUT2D eigenvalue weighted by atomic mass is 9.95. The molecule has 1 aromatic heterocycles. The standard InChI is InChI=1S/C21H22F3N3O/c1-14-11-18(19(13-25)20(28)26-14)16-4-2-3-15(12-16)5-8-27-9-6-17(7-10-27)21(22,23)24/h2-4,11-12,17H,5-10H2,1H3,(H,26,28). The number of nitrogens with zero attached hydrogens (tertiary/aromatic N) is 2. The van der Waals surface area contributed by atoms with E-state index < -0.39 is 17.7 Å². The van der Waals surface area contributed by atoms with Gasteiger partial charge in [-0.15, -0.1) is 0 Å². The first-order chi connectivity index (χ1) is 13.3. The Hall–Kier alpha value is -2.59. The second-order valence-electron chi connectivity index (χ2n) is 7.29. The van der Waals surface area contributed by atoms with Gasteiger partial charge in [-0.2, -0.15) is 18.4 Å². The molecule has 1 aliphatic rings. The molecule has 1 aliphatic heterocycles. The van der Waals surface area contributed by atoms with E-state index in [1.165, 1.54) is 0 Å². The summed E-state index contributed by atoms with van der Waals surface area (Å²) in [5, 5.41) is 9.32. The summed E-state index contributed by atoms with van der Waals surface area (Å²) in [6, 6.07) is 11.4. The summed E-state index contributed by atoms with van der Waals surface area (Å²) in [5.74, 6) is -1.18. The van der Waals surface area contributed by atoms with E-state index in [1.54, 1.807) is 13.0 Å². The van der Waals surface area contributed by atoms with Crippen LogP contribution in [0.1, 0.15) is 29.7 Å². The molecular formula is C21H22F3N3O. The third-order valence-corrected chi connectivity index (χ3v) is 5.28. The van der Waals surface area contributed by atoms with E-state index in [4.69, 9.17) is 0 Å². The minimum Gasteiger partial charge on any atom is -0.325 e. The molecule has 0 bridgehead atoms. The zero-order valence-corrected chi connectivity index (χ0v) is 15.6. The molecule has 1 saturated heterocycles. The highest BCUT2D eigenvalue weighted by molar-refractivity contribution is 5.70. The number of alkyl halides is 3. The number of aryl methyl sites for hydroxylation is 1. The van der Waals surface area contributed by atoms with E-state index in [-0.39, 0.29) is 18.4 Å². The predicted octanol–water partition coefficient (Wildman–Crippen LogP) is 4.04. The van der Waals surface area contributed by atoms with Crippen molar-refractivity contribution in [2.24, 2.45) is 5.92 Å². The molecule has 0 saturated carbocycles. The van der Waals surface area contributed by atoms with Gasteiger partial charge in [0, 0.05) is 17.8 Å². The number of nitriles is 1. The van der Waals surface area contributed by atoms with E-state index in [9.17, 15) is 23.2 Å². The van der Waals surface area contributed by atoms with Crippen LogP contribution in [-0.4, -0.2) is 35.7 Å². The fourth-order valence-corrected chi connectivity index (χ4v) is 3.69. The lowest BCUT2D eigenvalue weighted by Crippen LogP contribution is -2.39. The lowest BCUT2D eigenvalue weighted by Gasteiger charge is -2.32. The first-order valence-electron chi connectivity index (χ1n) is 9.30. The van der Waals surface area contributed by atoms with E-state index in [0.29, 0.717) is 37.3 Å². The number of likely N-dealkylation sites (tertiary alicyclic amines) is 1. The Labute approximate surface area is 161 Å². The monoisotopic (exact) mass is 389 g/mol. The van der Waals surface area contributed by atoms with Gasteiger partial charge in [-0.1, -0.05) is 24.3 Å². The molecule has 0 aliphatic carbocycles. The Morgan fingerprint density at radius 1 is 1.25 bits per heavy atom. The molecule has 0 atom stereocenters. The van der Waals surface area contributed by atoms with Crippen LogP contribution in [0.4, 0.5) is 13.2 Å². The van der Waals surface area contributed by atoms with Crippen LogP contribution in [0.3, 0.4) is 0 Å². The summed E-state index contributed by atoms with van der Waals surface area (Å²) in [6.07, 6.45) is -3.08. The first-order valence-corrected chi connectivity index (χ1v) is 9.30. The molecule has 0 radical (unpaired) electrons. The number of hydrogen-bond donors (Lipinski definition) is 1. The van der Waals surface area contributed by atoms with Crippen LogP contribution in [0.15, 0.2) is 35.1 Å². The normalized spacial score (nSPS) is 16.1. The Balaban J connectivity index is 1.69. The maximum Gasteiger partial charge on any atom is 0.391 e. The largest absolute Gasteiger partial charge is 0.391 e. The van der Waals surface area contributed by atoms with Gasteiger partial charge in [0.1, 0.15) is 11.6 Å². The second kappa shape index (κ2) is 8.19. The van der Waals surface area contributed by atoms with Gasteiger partial charge >= 0.3 is 6.18 Å². The number of hydrogen-bond acceptors (Lipinski definition) is 3. The molecule has 0 spiro atoms. The quantitative estimate of drug-likeness (QED) is 0.859. The van der Waals surface area contributed by atoms with Crippen molar-refractivity contribution in [3.05, 3.63) is 57.5 Å². The number of halogens is 3. The van der Waals surface area contributed by atoms with Gasteiger partial charge in [-0.25, -0.2) is 0 Å². The summed E-state index contributed by atoms with van der Waals surface area (Å²) in [5.41, 5.74) is 2.76. The van der Waals surface area contributed by atoms with Crippen LogP contribution in [0.2, 0.25) is 0 Å². The van der Waals surface area contributed by atoms with Crippen molar-refractivity contribution >= 4 is 0 Å². The number of aromatic amines is 1. The molecule has 7 heteroatoms. The molecule has 1 N–H and O–H groups in total. The van der Waals surface area contributed by atoms with Gasteiger partial charge in [0.2, 0.25) is 0 Å². The van der Waals surface area contributed by atoms with Gasteiger partial charge in [0.25, 0.3) is 5.56 Å². The molecule has 4 nitrogen and oxygen atoms in total. The van der Waals surface area contributed by atoms with Crippen molar-refractivity contribution < 1.29 is 13.2 Å². The summed E-state index contributed by atoms with van der Waals surface area (Å²) in [4.78, 5) is 16.7. The average Bonchev–Trinajstić information content (AvgIpc) is 2.66. The van der Waals surface area contributed by atoms with Crippen LogP contribution in [0.5, 0.6) is 0 Å². The van der Waals surface area contributed by atoms with Crippen molar-refractivity contribution in [2.45, 2.75) is 32.4 Å². The molecule has 1 fully saturated rings. The van der Waals surface area contributed by atoms with Crippen LogP contribution in [0.25, 0.3) is 11.1 Å². The minimum atomic E-state index is -4.09. The van der Waals surface area contributed by atoms with E-state index in [2.05, 4.69) is 9.88 Å². The smallest absolute Gasteiger partial charge is 0.325 e. The van der Waals surface area contributed by atoms with E-state index in [0.717, 1.165) is 11.1 Å². The van der Waals surface area contributed by atoms with Crippen LogP contribution < -0.4 is 5.56 Å². The van der Waals surface area contributed by atoms with E-state index in [1.807, 2.05) is 30.3 Å². The first kappa shape index (κ1) is 20.2. The molecule has 28 heavy (non-hydrogen) atoms. The molecular weight excluding hydrogens is 367 g/mol. The summed E-state index contributed by atoms with van der Waals surface area (Å²) >= 11 is 0. The van der Waals surface area contributed by atoms with Crippen molar-refractivity contribution in [1.29, 1.82) is 5.26 Å². The van der Waals surface area contributed by atoms with Gasteiger partial charge in [-0.05, 0) is 56.5 Å². The van der Waals surface area contributed by atoms with Crippen LogP contribution >= 0.6 is 0 Å². The van der Waals surface area contributed by atoms with Crippen molar-refractivity contribution in [1.82, 2.24) is 9.88 Å².